The van der Waals surface area contributed by atoms with E-state index in [9.17, 15) is 4.79 Å². The normalized spacial score (nSPS) is 19.6. The van der Waals surface area contributed by atoms with Gasteiger partial charge in [0.25, 0.3) is 0 Å². The third-order valence-electron chi connectivity index (χ3n) is 3.22. The molecule has 1 saturated heterocycles. The van der Waals surface area contributed by atoms with Crippen LogP contribution in [0.25, 0.3) is 11.4 Å². The van der Waals surface area contributed by atoms with Crippen LogP contribution in [0.5, 0.6) is 0 Å². The molecule has 0 saturated carbocycles. The SMILES string of the molecule is Cc1ccc(-c2noc(C3COCCC3=O)n2)cc1. The lowest BCUT2D eigenvalue weighted by atomic mass is 10.0. The molecule has 1 aliphatic heterocycles. The van der Waals surface area contributed by atoms with Gasteiger partial charge < -0.3 is 9.26 Å². The van der Waals surface area contributed by atoms with Crippen molar-refractivity contribution in [1.29, 1.82) is 0 Å². The van der Waals surface area contributed by atoms with Gasteiger partial charge in [0.2, 0.25) is 11.7 Å². The lowest BCUT2D eigenvalue weighted by molar-refractivity contribution is -0.127. The second-order valence-electron chi connectivity index (χ2n) is 4.67. The van der Waals surface area contributed by atoms with Gasteiger partial charge in [-0.1, -0.05) is 35.0 Å². The van der Waals surface area contributed by atoms with Crippen LogP contribution in [-0.2, 0) is 9.53 Å². The minimum Gasteiger partial charge on any atom is -0.380 e. The molecule has 1 aromatic carbocycles. The Balaban J connectivity index is 1.86. The van der Waals surface area contributed by atoms with E-state index in [4.69, 9.17) is 9.26 Å². The number of rotatable bonds is 2. The van der Waals surface area contributed by atoms with Crippen LogP contribution in [0.4, 0.5) is 0 Å². The lowest BCUT2D eigenvalue weighted by Crippen LogP contribution is -2.25. The van der Waals surface area contributed by atoms with Crippen molar-refractivity contribution < 1.29 is 14.1 Å². The largest absolute Gasteiger partial charge is 0.380 e. The van der Waals surface area contributed by atoms with Gasteiger partial charge in [0.05, 0.1) is 13.2 Å². The summed E-state index contributed by atoms with van der Waals surface area (Å²) in [4.78, 5) is 16.1. The maximum absolute atomic E-state index is 11.8. The van der Waals surface area contributed by atoms with E-state index in [1.807, 2.05) is 31.2 Å². The smallest absolute Gasteiger partial charge is 0.239 e. The highest BCUT2D eigenvalue weighted by molar-refractivity contribution is 5.85. The predicted molar refractivity (Wildman–Crippen MR) is 67.7 cm³/mol. The van der Waals surface area contributed by atoms with E-state index in [0.29, 0.717) is 31.3 Å². The number of ketones is 1. The zero-order chi connectivity index (χ0) is 13.2. The van der Waals surface area contributed by atoms with Gasteiger partial charge in [0.15, 0.2) is 0 Å². The molecule has 0 bridgehead atoms. The fraction of sp³-hybridized carbons (Fsp3) is 0.357. The van der Waals surface area contributed by atoms with E-state index in [2.05, 4.69) is 10.1 Å². The van der Waals surface area contributed by atoms with Crippen LogP contribution in [0.15, 0.2) is 28.8 Å². The molecule has 19 heavy (non-hydrogen) atoms. The summed E-state index contributed by atoms with van der Waals surface area (Å²) in [5.41, 5.74) is 2.05. The molecule has 3 rings (SSSR count). The molecule has 0 spiro atoms. The minimum atomic E-state index is -0.416. The molecule has 2 aromatic rings. The van der Waals surface area contributed by atoms with Gasteiger partial charge in [-0.25, -0.2) is 0 Å². The van der Waals surface area contributed by atoms with Crippen molar-refractivity contribution >= 4 is 5.78 Å². The molecule has 0 aliphatic carbocycles. The van der Waals surface area contributed by atoms with Crippen LogP contribution in [0.2, 0.25) is 0 Å². The first-order valence-electron chi connectivity index (χ1n) is 6.25. The Morgan fingerprint density at radius 3 is 2.79 bits per heavy atom. The number of hydrogen-bond donors (Lipinski definition) is 0. The highest BCUT2D eigenvalue weighted by Crippen LogP contribution is 2.24. The molecular weight excluding hydrogens is 244 g/mol. The Hall–Kier alpha value is -2.01. The number of aromatic nitrogens is 2. The van der Waals surface area contributed by atoms with Crippen molar-refractivity contribution in [2.24, 2.45) is 0 Å². The number of hydrogen-bond acceptors (Lipinski definition) is 5. The van der Waals surface area contributed by atoms with Gasteiger partial charge in [-0.05, 0) is 6.92 Å². The Morgan fingerprint density at radius 2 is 2.05 bits per heavy atom. The average molecular weight is 258 g/mol. The van der Waals surface area contributed by atoms with Gasteiger partial charge in [-0.15, -0.1) is 0 Å². The molecule has 5 nitrogen and oxygen atoms in total. The fourth-order valence-corrected chi connectivity index (χ4v) is 2.05. The number of ether oxygens (including phenoxy) is 1. The number of carbonyl (C=O) groups excluding carboxylic acids is 1. The second-order valence-corrected chi connectivity index (χ2v) is 4.67. The van der Waals surface area contributed by atoms with E-state index >= 15 is 0 Å². The van der Waals surface area contributed by atoms with E-state index in [0.717, 1.165) is 5.56 Å². The summed E-state index contributed by atoms with van der Waals surface area (Å²) < 4.78 is 10.5. The Labute approximate surface area is 110 Å². The van der Waals surface area contributed by atoms with Gasteiger partial charge in [-0.3, -0.25) is 4.79 Å². The molecule has 2 heterocycles. The van der Waals surface area contributed by atoms with E-state index < -0.39 is 5.92 Å². The monoisotopic (exact) mass is 258 g/mol. The molecule has 5 heteroatoms. The topological polar surface area (TPSA) is 65.2 Å². The first-order chi connectivity index (χ1) is 9.24. The summed E-state index contributed by atoms with van der Waals surface area (Å²) in [6, 6.07) is 7.84. The molecular formula is C14H14N2O3. The minimum absolute atomic E-state index is 0.102. The quantitative estimate of drug-likeness (QED) is 0.825. The highest BCUT2D eigenvalue weighted by atomic mass is 16.5. The molecule has 0 radical (unpaired) electrons. The van der Waals surface area contributed by atoms with Crippen LogP contribution in [0, 0.1) is 6.92 Å². The zero-order valence-electron chi connectivity index (χ0n) is 10.6. The first-order valence-corrected chi connectivity index (χ1v) is 6.25. The van der Waals surface area contributed by atoms with Gasteiger partial charge >= 0.3 is 0 Å². The summed E-state index contributed by atoms with van der Waals surface area (Å²) in [6.07, 6.45) is 0.410. The highest BCUT2D eigenvalue weighted by Gasteiger charge is 2.29. The molecule has 1 atom stereocenters. The van der Waals surface area contributed by atoms with Crippen molar-refractivity contribution in [1.82, 2.24) is 10.1 Å². The third-order valence-corrected chi connectivity index (χ3v) is 3.22. The van der Waals surface area contributed by atoms with E-state index in [1.165, 1.54) is 5.56 Å². The summed E-state index contributed by atoms with van der Waals surface area (Å²) in [7, 11) is 0. The first kappa shape index (κ1) is 12.0. The summed E-state index contributed by atoms with van der Waals surface area (Å²) in [5.74, 6) is 0.541. The Morgan fingerprint density at radius 1 is 1.26 bits per heavy atom. The van der Waals surface area contributed by atoms with Crippen LogP contribution in [0.3, 0.4) is 0 Å². The van der Waals surface area contributed by atoms with Gasteiger partial charge in [0.1, 0.15) is 11.7 Å². The molecule has 0 N–H and O–H groups in total. The van der Waals surface area contributed by atoms with Crippen LogP contribution >= 0.6 is 0 Å². The van der Waals surface area contributed by atoms with Crippen molar-refractivity contribution in [3.8, 4) is 11.4 Å². The lowest BCUT2D eigenvalue weighted by Gasteiger charge is -2.16. The van der Waals surface area contributed by atoms with Crippen LogP contribution in [-0.4, -0.2) is 29.1 Å². The fourth-order valence-electron chi connectivity index (χ4n) is 2.05. The average Bonchev–Trinajstić information content (AvgIpc) is 2.89. The standard InChI is InChI=1S/C14H14N2O3/c1-9-2-4-10(5-3-9)13-15-14(19-16-13)11-8-18-7-6-12(11)17/h2-5,11H,6-8H2,1H3. The number of benzene rings is 1. The Kier molecular flexibility index (Phi) is 3.13. The molecule has 1 fully saturated rings. The van der Waals surface area contributed by atoms with Crippen molar-refractivity contribution in [2.75, 3.05) is 13.2 Å². The zero-order valence-corrected chi connectivity index (χ0v) is 10.6. The summed E-state index contributed by atoms with van der Waals surface area (Å²) >= 11 is 0. The maximum Gasteiger partial charge on any atom is 0.239 e. The molecule has 1 unspecified atom stereocenters. The van der Waals surface area contributed by atoms with Crippen molar-refractivity contribution in [2.45, 2.75) is 19.3 Å². The number of Topliss-reactive ketones (excluding diaryl/α,β-unsaturated/α-hetero) is 1. The molecule has 1 aliphatic rings. The van der Waals surface area contributed by atoms with E-state index in [1.54, 1.807) is 0 Å². The maximum atomic E-state index is 11.8. The molecule has 0 amide bonds. The van der Waals surface area contributed by atoms with Crippen LogP contribution in [0.1, 0.15) is 23.8 Å². The third kappa shape index (κ3) is 2.42. The number of carbonyl (C=O) groups is 1. The molecule has 1 aromatic heterocycles. The number of nitrogens with zero attached hydrogens (tertiary/aromatic N) is 2. The summed E-state index contributed by atoms with van der Waals surface area (Å²) in [5, 5.41) is 3.93. The summed E-state index contributed by atoms with van der Waals surface area (Å²) in [6.45, 7) is 2.83. The Bertz CT molecular complexity index is 589. The molecule has 98 valence electrons. The van der Waals surface area contributed by atoms with E-state index in [-0.39, 0.29) is 5.78 Å². The van der Waals surface area contributed by atoms with Crippen molar-refractivity contribution in [3.05, 3.63) is 35.7 Å². The number of aryl methyl sites for hydroxylation is 1. The van der Waals surface area contributed by atoms with Crippen LogP contribution < -0.4 is 0 Å². The van der Waals surface area contributed by atoms with Gasteiger partial charge in [-0.2, -0.15) is 4.98 Å². The van der Waals surface area contributed by atoms with Gasteiger partial charge in [0, 0.05) is 12.0 Å². The van der Waals surface area contributed by atoms with Crippen molar-refractivity contribution in [3.63, 3.8) is 0 Å². The second kappa shape index (κ2) is 4.93. The predicted octanol–water partition coefficient (Wildman–Crippen LogP) is 2.12.